The molecule has 0 aromatic carbocycles. The molecular weight excluding hydrogens is 1200 g/mol. The zero-order valence-corrected chi connectivity index (χ0v) is 60.6. The summed E-state index contributed by atoms with van der Waals surface area (Å²) < 4.78 is 68.2. The van der Waals surface area contributed by atoms with Gasteiger partial charge < -0.3 is 33.8 Å². The number of allylic oxidation sites excluding steroid dienone is 4. The molecule has 0 bridgehead atoms. The number of ether oxygens (including phenoxy) is 4. The topological polar surface area (TPSA) is 237 Å². The van der Waals surface area contributed by atoms with Crippen LogP contribution in [0.3, 0.4) is 0 Å². The summed E-state index contributed by atoms with van der Waals surface area (Å²) in [5.74, 6) is 0.0220. The molecule has 0 aliphatic heterocycles. The van der Waals surface area contributed by atoms with Crippen molar-refractivity contribution in [3.8, 4) is 0 Å². The van der Waals surface area contributed by atoms with Gasteiger partial charge in [0.2, 0.25) is 0 Å². The van der Waals surface area contributed by atoms with Crippen molar-refractivity contribution < 1.29 is 80.2 Å². The highest BCUT2D eigenvalue weighted by atomic mass is 31.2. The molecule has 17 nitrogen and oxygen atoms in total. The molecule has 19 heteroatoms. The van der Waals surface area contributed by atoms with E-state index in [0.717, 1.165) is 115 Å². The minimum atomic E-state index is -4.96. The highest BCUT2D eigenvalue weighted by molar-refractivity contribution is 7.47. The Balaban J connectivity index is 5.27. The molecule has 0 saturated heterocycles. The summed E-state index contributed by atoms with van der Waals surface area (Å²) in [5, 5.41) is 10.6. The molecule has 3 N–H and O–H groups in total. The summed E-state index contributed by atoms with van der Waals surface area (Å²) in [6.07, 6.45) is 49.6. The van der Waals surface area contributed by atoms with Gasteiger partial charge in [0, 0.05) is 25.7 Å². The van der Waals surface area contributed by atoms with Gasteiger partial charge >= 0.3 is 39.5 Å². The largest absolute Gasteiger partial charge is 0.472 e. The normalized spacial score (nSPS) is 14.3. The zero-order valence-electron chi connectivity index (χ0n) is 58.8. The van der Waals surface area contributed by atoms with Crippen molar-refractivity contribution in [2.24, 2.45) is 17.8 Å². The Labute approximate surface area is 554 Å². The molecule has 0 saturated carbocycles. The van der Waals surface area contributed by atoms with Gasteiger partial charge in [-0.05, 0) is 69.1 Å². The fourth-order valence-electron chi connectivity index (χ4n) is 10.4. The van der Waals surface area contributed by atoms with Gasteiger partial charge in [0.1, 0.15) is 19.3 Å². The number of rotatable bonds is 68. The predicted molar refractivity (Wildman–Crippen MR) is 367 cm³/mol. The molecule has 0 aromatic rings. The third-order valence-corrected chi connectivity index (χ3v) is 17.9. The Bertz CT molecular complexity index is 1880. The van der Waals surface area contributed by atoms with Crippen molar-refractivity contribution in [1.29, 1.82) is 0 Å². The average Bonchev–Trinajstić information content (AvgIpc) is 2.99. The van der Waals surface area contributed by atoms with Crippen LogP contribution in [0.2, 0.25) is 0 Å². The third kappa shape index (κ3) is 66.0. The van der Waals surface area contributed by atoms with Crippen LogP contribution in [0.25, 0.3) is 0 Å². The number of carbonyl (C=O) groups excluding carboxylic acids is 4. The molecule has 3 unspecified atom stereocenters. The predicted octanol–water partition coefficient (Wildman–Crippen LogP) is 20.2. The van der Waals surface area contributed by atoms with Crippen LogP contribution in [0.5, 0.6) is 0 Å². The fourth-order valence-corrected chi connectivity index (χ4v) is 11.9. The number of esters is 4. The minimum absolute atomic E-state index is 0.0845. The maximum absolute atomic E-state index is 13.0. The molecule has 0 rings (SSSR count). The second kappa shape index (κ2) is 62.4. The van der Waals surface area contributed by atoms with E-state index in [-0.39, 0.29) is 25.7 Å². The summed E-state index contributed by atoms with van der Waals surface area (Å²) in [5.41, 5.74) is 0. The number of hydrogen-bond acceptors (Lipinski definition) is 15. The van der Waals surface area contributed by atoms with Crippen molar-refractivity contribution in [2.75, 3.05) is 39.6 Å². The van der Waals surface area contributed by atoms with Gasteiger partial charge in [-0.2, -0.15) is 0 Å². The Morgan fingerprint density at radius 1 is 0.341 bits per heavy atom. The Morgan fingerprint density at radius 2 is 0.593 bits per heavy atom. The van der Waals surface area contributed by atoms with Gasteiger partial charge in [0.15, 0.2) is 12.2 Å². The van der Waals surface area contributed by atoms with Gasteiger partial charge in [0.05, 0.1) is 26.4 Å². The van der Waals surface area contributed by atoms with Gasteiger partial charge in [-0.15, -0.1) is 0 Å². The molecule has 0 fully saturated rings. The fraction of sp³-hybridized carbons (Fsp3) is 0.889. The highest BCUT2D eigenvalue weighted by Crippen LogP contribution is 2.45. The first-order valence-corrected chi connectivity index (χ1v) is 39.7. The average molecular weight is 1340 g/mol. The SMILES string of the molecule is CCCCCC/C=C\C=C/CCCCCCCC(=O)O[C@H](COC(=O)CCCCCCCCCCCCCCCC(C)C)COP(=O)(O)OCC(O)COP(=O)(O)OC[C@@H](COC(=O)CCCCCCCCCCC(C)C)OC(=O)CCCCCCCCC(C)C. The molecule has 0 aromatic heterocycles. The number of hydrogen-bond donors (Lipinski definition) is 3. The minimum Gasteiger partial charge on any atom is -0.462 e. The first kappa shape index (κ1) is 88.5. The van der Waals surface area contributed by atoms with Crippen molar-refractivity contribution >= 4 is 39.5 Å². The summed E-state index contributed by atoms with van der Waals surface area (Å²) in [6, 6.07) is 0. The lowest BCUT2D eigenvalue weighted by Gasteiger charge is -2.21. The van der Waals surface area contributed by atoms with Gasteiger partial charge in [0.25, 0.3) is 0 Å². The van der Waals surface area contributed by atoms with Crippen molar-refractivity contribution in [3.63, 3.8) is 0 Å². The maximum atomic E-state index is 13.0. The molecule has 5 atom stereocenters. The Kier molecular flexibility index (Phi) is 60.7. The van der Waals surface area contributed by atoms with Crippen LogP contribution in [0.4, 0.5) is 0 Å². The molecule has 0 aliphatic rings. The number of phosphoric ester groups is 2. The molecule has 0 aliphatic carbocycles. The van der Waals surface area contributed by atoms with E-state index in [1.807, 2.05) is 0 Å². The van der Waals surface area contributed by atoms with Crippen LogP contribution in [0.1, 0.15) is 337 Å². The lowest BCUT2D eigenvalue weighted by atomic mass is 10.0. The Hall–Kier alpha value is -2.46. The first-order valence-electron chi connectivity index (χ1n) is 36.7. The van der Waals surface area contributed by atoms with Crippen LogP contribution >= 0.6 is 15.6 Å². The van der Waals surface area contributed by atoms with Crippen LogP contribution in [-0.2, 0) is 65.4 Å². The van der Waals surface area contributed by atoms with Gasteiger partial charge in [-0.3, -0.25) is 37.3 Å². The first-order chi connectivity index (χ1) is 43.7. The molecule has 536 valence electrons. The van der Waals surface area contributed by atoms with Gasteiger partial charge in [-0.1, -0.05) is 285 Å². The number of phosphoric acid groups is 2. The quantitative estimate of drug-likeness (QED) is 0.0169. The third-order valence-electron chi connectivity index (χ3n) is 16.0. The molecule has 0 amide bonds. The summed E-state index contributed by atoms with van der Waals surface area (Å²) in [4.78, 5) is 72.5. The molecule has 0 spiro atoms. The molecule has 91 heavy (non-hydrogen) atoms. The van der Waals surface area contributed by atoms with E-state index in [0.29, 0.717) is 31.6 Å². The van der Waals surface area contributed by atoms with Crippen LogP contribution < -0.4 is 0 Å². The van der Waals surface area contributed by atoms with E-state index in [9.17, 15) is 43.2 Å². The van der Waals surface area contributed by atoms with Crippen molar-refractivity contribution in [1.82, 2.24) is 0 Å². The summed E-state index contributed by atoms with van der Waals surface area (Å²) >= 11 is 0. The van der Waals surface area contributed by atoms with E-state index in [2.05, 4.69) is 72.8 Å². The maximum Gasteiger partial charge on any atom is 0.472 e. The molecule has 0 heterocycles. The number of aliphatic hydroxyl groups is 1. The van der Waals surface area contributed by atoms with E-state index in [1.165, 1.54) is 135 Å². The zero-order chi connectivity index (χ0) is 67.3. The monoisotopic (exact) mass is 1330 g/mol. The summed E-state index contributed by atoms with van der Waals surface area (Å²) in [7, 11) is -9.92. The van der Waals surface area contributed by atoms with Crippen LogP contribution in [-0.4, -0.2) is 96.7 Å². The number of carbonyl (C=O) groups is 4. The standard InChI is InChI=1S/C72H136O17P2/c1-8-9-10-11-12-13-14-15-16-19-23-26-33-41-48-55-71(76)88-67(59-82-69(74)53-46-39-31-25-22-20-17-18-21-24-29-36-43-50-63(2)3)61-86-90(78,79)84-57-66(73)58-85-91(80,81)87-62-68(89-72(77)56-49-42-35-34-38-45-52-65(6)7)60-83-70(75)54-47-40-32-28-27-30-37-44-51-64(4)5/h13-16,63-68,73H,8-12,17-62H2,1-7H3,(H,78,79)(H,80,81)/b14-13-,16-15-/t66?,67-,68-/m1/s1. The van der Waals surface area contributed by atoms with Crippen molar-refractivity contribution in [3.05, 3.63) is 24.3 Å². The van der Waals surface area contributed by atoms with E-state index in [1.54, 1.807) is 0 Å². The Morgan fingerprint density at radius 3 is 0.890 bits per heavy atom. The number of unbranched alkanes of at least 4 members (excludes halogenated alkanes) is 33. The second-order valence-electron chi connectivity index (χ2n) is 26.7. The smallest absolute Gasteiger partial charge is 0.462 e. The van der Waals surface area contributed by atoms with E-state index < -0.39 is 97.5 Å². The van der Waals surface area contributed by atoms with Crippen LogP contribution in [0, 0.1) is 17.8 Å². The van der Waals surface area contributed by atoms with Crippen LogP contribution in [0.15, 0.2) is 24.3 Å². The van der Waals surface area contributed by atoms with Crippen molar-refractivity contribution in [2.45, 2.75) is 356 Å². The van der Waals surface area contributed by atoms with E-state index >= 15 is 0 Å². The highest BCUT2D eigenvalue weighted by Gasteiger charge is 2.30. The lowest BCUT2D eigenvalue weighted by molar-refractivity contribution is -0.161. The second-order valence-corrected chi connectivity index (χ2v) is 29.6. The molecular formula is C72H136O17P2. The molecule has 0 radical (unpaired) electrons. The summed E-state index contributed by atoms with van der Waals surface area (Å²) in [6.45, 7) is 11.7. The lowest BCUT2D eigenvalue weighted by Crippen LogP contribution is -2.30. The van der Waals surface area contributed by atoms with Gasteiger partial charge in [-0.25, -0.2) is 9.13 Å². The number of aliphatic hydroxyl groups excluding tert-OH is 1. The van der Waals surface area contributed by atoms with E-state index in [4.69, 9.17) is 37.0 Å².